The van der Waals surface area contributed by atoms with E-state index in [0.717, 1.165) is 59.3 Å². The molecule has 3 heterocycles. The maximum Gasteiger partial charge on any atom is 0.410 e. The van der Waals surface area contributed by atoms with Crippen LogP contribution in [-0.2, 0) is 33.9 Å². The molecule has 0 atom stereocenters. The first-order valence-corrected chi connectivity index (χ1v) is 22.5. The molecule has 0 radical (unpaired) electrons. The molecule has 10 rings (SSSR count). The van der Waals surface area contributed by atoms with Crippen LogP contribution in [0.5, 0.6) is 0 Å². The molecular weight excluding hydrogens is 869 g/mol. The molecule has 7 aromatic rings. The van der Waals surface area contributed by atoms with E-state index in [1.54, 1.807) is 19.9 Å². The predicted octanol–water partition coefficient (Wildman–Crippen LogP) is 8.44. The summed E-state index contributed by atoms with van der Waals surface area (Å²) in [5.74, 6) is -0.430. The number of benzene rings is 5. The van der Waals surface area contributed by atoms with Crippen molar-refractivity contribution in [2.45, 2.75) is 47.4 Å². The molecule has 3 aliphatic rings. The molecule has 2 aromatic heterocycles. The molecule has 0 spiro atoms. The summed E-state index contributed by atoms with van der Waals surface area (Å²) in [5, 5.41) is 24.8. The van der Waals surface area contributed by atoms with Crippen LogP contribution in [0.15, 0.2) is 99.8 Å². The summed E-state index contributed by atoms with van der Waals surface area (Å²) >= 11 is 0. The number of aryl methyl sites for hydroxylation is 2. The van der Waals surface area contributed by atoms with Gasteiger partial charge < -0.3 is 38.6 Å². The number of ketones is 4. The second kappa shape index (κ2) is 20.8. The van der Waals surface area contributed by atoms with Crippen molar-refractivity contribution in [3.63, 3.8) is 0 Å². The molecular formula is C54H52N2O12. The number of hydrogen-bond acceptors (Lipinski definition) is 13. The first-order valence-electron chi connectivity index (χ1n) is 22.5. The number of Topliss-reactive ketones (excluding diaryl/α,β-unsaturated/α-hetero) is 4. The van der Waals surface area contributed by atoms with Gasteiger partial charge in [-0.2, -0.15) is 0 Å². The van der Waals surface area contributed by atoms with Crippen LogP contribution in [0.3, 0.4) is 0 Å². The Labute approximate surface area is 392 Å². The Morgan fingerprint density at radius 1 is 0.588 bits per heavy atom. The van der Waals surface area contributed by atoms with E-state index in [1.807, 2.05) is 98.8 Å². The van der Waals surface area contributed by atoms with Crippen LogP contribution >= 0.6 is 0 Å². The number of furan rings is 2. The lowest BCUT2D eigenvalue weighted by molar-refractivity contribution is -0.0334. The zero-order valence-electron chi connectivity index (χ0n) is 38.4. The number of aliphatic hydroxyl groups is 2. The molecule has 0 bridgehead atoms. The monoisotopic (exact) mass is 920 g/mol. The van der Waals surface area contributed by atoms with Crippen LogP contribution in [0.25, 0.3) is 44.2 Å². The minimum absolute atomic E-state index is 0.0174. The third kappa shape index (κ3) is 9.29. The highest BCUT2D eigenvalue weighted by molar-refractivity contribution is 6.55. The fourth-order valence-corrected chi connectivity index (χ4v) is 8.78. The summed E-state index contributed by atoms with van der Waals surface area (Å²) in [7, 11) is 0. The Bertz CT molecular complexity index is 3060. The van der Waals surface area contributed by atoms with Gasteiger partial charge in [-0.1, -0.05) is 78.9 Å². The van der Waals surface area contributed by atoms with Crippen molar-refractivity contribution in [1.82, 2.24) is 10.2 Å². The average Bonchev–Trinajstić information content (AvgIpc) is 3.87. The first-order chi connectivity index (χ1) is 32.9. The number of amides is 1. The second-order valence-electron chi connectivity index (χ2n) is 16.7. The number of hydrogen-bond donors (Lipinski definition) is 3. The van der Waals surface area contributed by atoms with Crippen LogP contribution < -0.4 is 5.32 Å². The van der Waals surface area contributed by atoms with Crippen LogP contribution in [-0.4, -0.2) is 97.1 Å². The van der Waals surface area contributed by atoms with Gasteiger partial charge in [0, 0.05) is 46.5 Å². The number of carbonyl (C=O) groups excluding carboxylic acids is 5. The number of rotatable bonds is 10. The van der Waals surface area contributed by atoms with Crippen molar-refractivity contribution in [3.8, 4) is 22.6 Å². The number of nitrogens with zero attached hydrogens (tertiary/aromatic N) is 1. The SMILES string of the molecule is C1COCCO1.Cc1c(CN(CCO)C(=O)OCc2ccccc2)oc2c1C(=O)C(=O)c1c-2ccc2c(C)cccc12.Cc1c(CNCCO)oc2c1C(=O)C(=O)c1c-2ccc2c(C)cccc12. The zero-order chi connectivity index (χ0) is 48.1. The van der Waals surface area contributed by atoms with Crippen molar-refractivity contribution in [1.29, 1.82) is 0 Å². The fourth-order valence-electron chi connectivity index (χ4n) is 8.78. The molecule has 5 aromatic carbocycles. The summed E-state index contributed by atoms with van der Waals surface area (Å²) in [5.41, 5.74) is 6.63. The number of aliphatic hydroxyl groups excluding tert-OH is 2. The van der Waals surface area contributed by atoms with E-state index in [4.69, 9.17) is 28.2 Å². The van der Waals surface area contributed by atoms with Crippen molar-refractivity contribution in [2.24, 2.45) is 0 Å². The molecule has 1 amide bonds. The smallest absolute Gasteiger partial charge is 0.410 e. The molecule has 14 heteroatoms. The van der Waals surface area contributed by atoms with E-state index in [0.29, 0.717) is 80.5 Å². The van der Waals surface area contributed by atoms with E-state index >= 15 is 0 Å². The third-order valence-corrected chi connectivity index (χ3v) is 12.3. The molecule has 68 heavy (non-hydrogen) atoms. The molecule has 1 saturated heterocycles. The minimum Gasteiger partial charge on any atom is -0.459 e. The van der Waals surface area contributed by atoms with Gasteiger partial charge >= 0.3 is 6.09 Å². The normalized spacial score (nSPS) is 13.7. The molecule has 350 valence electrons. The maximum atomic E-state index is 13.2. The van der Waals surface area contributed by atoms with Crippen molar-refractivity contribution in [3.05, 3.63) is 153 Å². The summed E-state index contributed by atoms with van der Waals surface area (Å²) in [4.78, 5) is 66.2. The van der Waals surface area contributed by atoms with Gasteiger partial charge in [0.15, 0.2) is 0 Å². The van der Waals surface area contributed by atoms with Gasteiger partial charge in [-0.25, -0.2) is 4.79 Å². The summed E-state index contributed by atoms with van der Waals surface area (Å²) < 4.78 is 27.5. The minimum atomic E-state index is -0.626. The van der Waals surface area contributed by atoms with Gasteiger partial charge in [-0.05, 0) is 78.1 Å². The molecule has 1 fully saturated rings. The average molecular weight is 921 g/mol. The van der Waals surface area contributed by atoms with E-state index < -0.39 is 29.2 Å². The lowest BCUT2D eigenvalue weighted by Crippen LogP contribution is -2.33. The molecule has 14 nitrogen and oxygen atoms in total. The van der Waals surface area contributed by atoms with Gasteiger partial charge in [0.2, 0.25) is 23.1 Å². The highest BCUT2D eigenvalue weighted by Gasteiger charge is 2.39. The Hall–Kier alpha value is -7.07. The molecule has 0 saturated carbocycles. The Balaban J connectivity index is 0.000000170. The largest absolute Gasteiger partial charge is 0.459 e. The maximum absolute atomic E-state index is 13.2. The van der Waals surface area contributed by atoms with Gasteiger partial charge in [-0.3, -0.25) is 24.1 Å². The Morgan fingerprint density at radius 2 is 1.09 bits per heavy atom. The predicted molar refractivity (Wildman–Crippen MR) is 254 cm³/mol. The van der Waals surface area contributed by atoms with E-state index in [9.17, 15) is 29.1 Å². The van der Waals surface area contributed by atoms with E-state index in [2.05, 4.69) is 5.32 Å². The van der Waals surface area contributed by atoms with Gasteiger partial charge in [-0.15, -0.1) is 0 Å². The van der Waals surface area contributed by atoms with Crippen LogP contribution in [0.2, 0.25) is 0 Å². The topological polar surface area (TPSA) is 195 Å². The van der Waals surface area contributed by atoms with E-state index in [1.165, 1.54) is 4.90 Å². The van der Waals surface area contributed by atoms with Crippen molar-refractivity contribution in [2.75, 3.05) is 52.7 Å². The van der Waals surface area contributed by atoms with Gasteiger partial charge in [0.1, 0.15) is 29.6 Å². The standard InChI is InChI=1S/C29H25NO6.C21H19NO4.C4H8O2/c1-17-7-6-10-21-20(17)11-12-22-25(21)27(33)26(32)24-18(2)23(36-28(22)24)15-30(13-14-31)29(34)35-16-19-8-4-3-5-9-19;1-11-4-3-5-14-13(11)6-7-15-18(14)20(25)19(24)17-12(2)16(26-21(15)17)10-22-8-9-23;1-2-6-4-3-5-1/h3-12,31H,13-16H2,1-2H3;3-7,22-23H,8-10H2,1-2H3;1-4H2. The Morgan fingerprint density at radius 3 is 1.59 bits per heavy atom. The van der Waals surface area contributed by atoms with Crippen molar-refractivity contribution < 1.29 is 57.2 Å². The highest BCUT2D eigenvalue weighted by atomic mass is 16.6. The third-order valence-electron chi connectivity index (χ3n) is 12.3. The number of ether oxygens (including phenoxy) is 3. The van der Waals surface area contributed by atoms with E-state index in [-0.39, 0.29) is 38.5 Å². The summed E-state index contributed by atoms with van der Waals surface area (Å²) in [6, 6.07) is 28.2. The highest BCUT2D eigenvalue weighted by Crippen LogP contribution is 2.43. The molecule has 3 N–H and O–H groups in total. The summed E-state index contributed by atoms with van der Waals surface area (Å²) in [6.07, 6.45) is -0.619. The number of nitrogens with one attached hydrogen (secondary N) is 1. The zero-order valence-corrected chi connectivity index (χ0v) is 38.4. The van der Waals surface area contributed by atoms with Gasteiger partial charge in [0.05, 0.1) is 63.9 Å². The first kappa shape index (κ1) is 47.4. The number of fused-ring (bicyclic) bond motifs is 10. The molecule has 1 aliphatic heterocycles. The summed E-state index contributed by atoms with van der Waals surface area (Å²) in [6.45, 7) is 11.2. The second-order valence-corrected chi connectivity index (χ2v) is 16.7. The number of carbonyl (C=O) groups is 5. The fraction of sp³-hybridized carbons (Fsp3) is 0.278. The van der Waals surface area contributed by atoms with Crippen molar-refractivity contribution >= 4 is 50.8 Å². The quantitative estimate of drug-likeness (QED) is 0.0875. The van der Waals surface area contributed by atoms with Crippen LogP contribution in [0.1, 0.15) is 80.8 Å². The lowest BCUT2D eigenvalue weighted by Gasteiger charge is -2.20. The Kier molecular flexibility index (Phi) is 14.5. The van der Waals surface area contributed by atoms with Crippen LogP contribution in [0, 0.1) is 27.7 Å². The molecule has 2 aliphatic carbocycles. The molecule has 0 unspecified atom stereocenters. The lowest BCUT2D eigenvalue weighted by atomic mass is 9.83. The van der Waals surface area contributed by atoms with Crippen LogP contribution in [0.4, 0.5) is 4.79 Å². The van der Waals surface area contributed by atoms with Gasteiger partial charge in [0.25, 0.3) is 0 Å².